The zero-order valence-electron chi connectivity index (χ0n) is 15.6. The number of aryl methyl sites for hydroxylation is 1. The highest BCUT2D eigenvalue weighted by Crippen LogP contribution is 2.30. The van der Waals surface area contributed by atoms with Crippen molar-refractivity contribution in [1.82, 2.24) is 15.1 Å². The Hall–Kier alpha value is -2.96. The van der Waals surface area contributed by atoms with E-state index in [-0.39, 0.29) is 35.0 Å². The molecule has 0 spiro atoms. The Morgan fingerprint density at radius 1 is 1.19 bits per heavy atom. The molecule has 2 amide bonds. The number of carbonyl (C=O) groups excluding carboxylic acids is 2. The molecular formula is C20H24N4O3. The van der Waals surface area contributed by atoms with Crippen LogP contribution in [-0.4, -0.2) is 21.6 Å². The lowest BCUT2D eigenvalue weighted by Gasteiger charge is -2.15. The third kappa shape index (κ3) is 4.81. The van der Waals surface area contributed by atoms with Gasteiger partial charge in [-0.3, -0.25) is 14.4 Å². The fraction of sp³-hybridized carbons (Fsp3) is 0.400. The molecule has 1 atom stereocenters. The summed E-state index contributed by atoms with van der Waals surface area (Å²) >= 11 is 0. The molecule has 1 aliphatic rings. The molecule has 0 saturated heterocycles. The maximum Gasteiger partial charge on any atom is 0.272 e. The molecule has 0 radical (unpaired) electrons. The number of carbonyl (C=O) groups is 2. The summed E-state index contributed by atoms with van der Waals surface area (Å²) in [7, 11) is 0. The highest BCUT2D eigenvalue weighted by molar-refractivity contribution is 5.94. The largest absolute Gasteiger partial charge is 0.344 e. The second-order valence-corrected chi connectivity index (χ2v) is 6.86. The molecule has 1 aromatic heterocycles. The van der Waals surface area contributed by atoms with E-state index in [4.69, 9.17) is 0 Å². The van der Waals surface area contributed by atoms with Gasteiger partial charge in [-0.1, -0.05) is 19.1 Å². The van der Waals surface area contributed by atoms with E-state index in [0.29, 0.717) is 6.54 Å². The molecule has 3 rings (SSSR count). The lowest BCUT2D eigenvalue weighted by molar-refractivity contribution is -0.117. The summed E-state index contributed by atoms with van der Waals surface area (Å²) in [6.07, 6.45) is 2.69. The second-order valence-electron chi connectivity index (χ2n) is 6.86. The summed E-state index contributed by atoms with van der Waals surface area (Å²) in [6, 6.07) is 9.97. The van der Waals surface area contributed by atoms with E-state index < -0.39 is 0 Å². The minimum Gasteiger partial charge on any atom is -0.344 e. The topological polar surface area (TPSA) is 93.1 Å². The van der Waals surface area contributed by atoms with Crippen LogP contribution in [0.2, 0.25) is 0 Å². The molecule has 0 aliphatic heterocycles. The molecule has 142 valence electrons. The highest BCUT2D eigenvalue weighted by Gasteiger charge is 2.29. The van der Waals surface area contributed by atoms with Crippen LogP contribution in [-0.2, 0) is 11.3 Å². The molecule has 27 heavy (non-hydrogen) atoms. The van der Waals surface area contributed by atoms with Gasteiger partial charge in [-0.15, -0.1) is 0 Å². The van der Waals surface area contributed by atoms with Gasteiger partial charge < -0.3 is 10.6 Å². The Labute approximate surface area is 157 Å². The first-order valence-electron chi connectivity index (χ1n) is 9.27. The van der Waals surface area contributed by atoms with Crippen LogP contribution >= 0.6 is 0 Å². The molecule has 7 nitrogen and oxygen atoms in total. The number of amides is 2. The molecule has 0 bridgehead atoms. The Balaban J connectivity index is 1.63. The van der Waals surface area contributed by atoms with Crippen molar-refractivity contribution < 1.29 is 9.59 Å². The van der Waals surface area contributed by atoms with Crippen molar-refractivity contribution in [3.63, 3.8) is 0 Å². The maximum atomic E-state index is 12.4. The maximum absolute atomic E-state index is 12.4. The number of benzene rings is 1. The van der Waals surface area contributed by atoms with Crippen molar-refractivity contribution in [1.29, 1.82) is 0 Å². The number of anilines is 1. The van der Waals surface area contributed by atoms with Gasteiger partial charge in [0.25, 0.3) is 11.5 Å². The summed E-state index contributed by atoms with van der Waals surface area (Å²) in [6.45, 7) is 4.29. The number of aromatic nitrogens is 2. The fourth-order valence-electron chi connectivity index (χ4n) is 2.74. The lowest BCUT2D eigenvalue weighted by Crippen LogP contribution is -2.31. The molecule has 7 heteroatoms. The van der Waals surface area contributed by atoms with E-state index in [1.165, 1.54) is 16.8 Å². The van der Waals surface area contributed by atoms with Crippen molar-refractivity contribution in [2.24, 2.45) is 5.92 Å². The first kappa shape index (κ1) is 18.8. The van der Waals surface area contributed by atoms with Crippen LogP contribution in [0.1, 0.15) is 55.2 Å². The fourth-order valence-corrected chi connectivity index (χ4v) is 2.74. The second kappa shape index (κ2) is 8.16. The van der Waals surface area contributed by atoms with E-state index in [1.807, 2.05) is 38.1 Å². The predicted molar refractivity (Wildman–Crippen MR) is 102 cm³/mol. The van der Waals surface area contributed by atoms with Gasteiger partial charge in [0, 0.05) is 24.2 Å². The van der Waals surface area contributed by atoms with Crippen molar-refractivity contribution in [2.75, 3.05) is 5.32 Å². The van der Waals surface area contributed by atoms with Gasteiger partial charge in [0.15, 0.2) is 0 Å². The quantitative estimate of drug-likeness (QED) is 0.785. The Kier molecular flexibility index (Phi) is 5.69. The standard InChI is InChI=1S/C20H24N4O3/c1-3-12-24-18(25)11-10-17(23-24)20(27)21-13(2)14-6-8-16(9-7-14)22-19(26)15-4-5-15/h6-11,13,15H,3-5,12H2,1-2H3,(H,21,27)(H,22,26). The first-order valence-corrected chi connectivity index (χ1v) is 9.27. The molecule has 1 unspecified atom stereocenters. The Morgan fingerprint density at radius 2 is 1.89 bits per heavy atom. The molecule has 2 N–H and O–H groups in total. The van der Waals surface area contributed by atoms with Crippen molar-refractivity contribution in [2.45, 2.75) is 45.7 Å². The van der Waals surface area contributed by atoms with E-state index in [0.717, 1.165) is 30.5 Å². The number of hydrogen-bond acceptors (Lipinski definition) is 4. The minimum atomic E-state index is -0.335. The molecule has 1 aromatic carbocycles. The summed E-state index contributed by atoms with van der Waals surface area (Å²) in [5.74, 6) is -0.109. The molecule has 1 fully saturated rings. The van der Waals surface area contributed by atoms with Gasteiger partial charge in [-0.05, 0) is 49.9 Å². The van der Waals surface area contributed by atoms with E-state index >= 15 is 0 Å². The van der Waals surface area contributed by atoms with Gasteiger partial charge in [0.05, 0.1) is 6.04 Å². The summed E-state index contributed by atoms with van der Waals surface area (Å²) in [5, 5.41) is 9.90. The van der Waals surface area contributed by atoms with Crippen molar-refractivity contribution in [3.8, 4) is 0 Å². The summed E-state index contributed by atoms with van der Waals surface area (Å²) in [4.78, 5) is 36.0. The number of nitrogens with zero attached hydrogens (tertiary/aromatic N) is 2. The number of rotatable bonds is 7. The van der Waals surface area contributed by atoms with Crippen LogP contribution in [0.15, 0.2) is 41.2 Å². The van der Waals surface area contributed by atoms with E-state index in [2.05, 4.69) is 15.7 Å². The summed E-state index contributed by atoms with van der Waals surface area (Å²) < 4.78 is 1.30. The van der Waals surface area contributed by atoms with Crippen LogP contribution in [0.3, 0.4) is 0 Å². The monoisotopic (exact) mass is 368 g/mol. The third-order valence-corrected chi connectivity index (χ3v) is 4.51. The highest BCUT2D eigenvalue weighted by atomic mass is 16.2. The molecular weight excluding hydrogens is 344 g/mol. The molecule has 2 aromatic rings. The van der Waals surface area contributed by atoms with E-state index in [9.17, 15) is 14.4 Å². The Bertz CT molecular complexity index is 885. The van der Waals surface area contributed by atoms with Crippen LogP contribution in [0, 0.1) is 5.92 Å². The average molecular weight is 368 g/mol. The number of nitrogens with one attached hydrogen (secondary N) is 2. The van der Waals surface area contributed by atoms with Crippen molar-refractivity contribution >= 4 is 17.5 Å². The van der Waals surface area contributed by atoms with Gasteiger partial charge in [0.2, 0.25) is 5.91 Å². The van der Waals surface area contributed by atoms with Crippen molar-refractivity contribution in [3.05, 3.63) is 58.0 Å². The van der Waals surface area contributed by atoms with Crippen LogP contribution < -0.4 is 16.2 Å². The normalized spacial score (nSPS) is 14.4. The van der Waals surface area contributed by atoms with Crippen LogP contribution in [0.5, 0.6) is 0 Å². The van der Waals surface area contributed by atoms with Gasteiger partial charge in [-0.2, -0.15) is 5.10 Å². The average Bonchev–Trinajstić information content (AvgIpc) is 3.49. The third-order valence-electron chi connectivity index (χ3n) is 4.51. The smallest absolute Gasteiger partial charge is 0.272 e. The van der Waals surface area contributed by atoms with Gasteiger partial charge in [-0.25, -0.2) is 4.68 Å². The van der Waals surface area contributed by atoms with E-state index in [1.54, 1.807) is 0 Å². The predicted octanol–water partition coefficient (Wildman–Crippen LogP) is 2.49. The molecule has 1 heterocycles. The summed E-state index contributed by atoms with van der Waals surface area (Å²) in [5.41, 5.74) is 1.66. The van der Waals surface area contributed by atoms with Crippen LogP contribution in [0.25, 0.3) is 0 Å². The molecule has 1 aliphatic carbocycles. The minimum absolute atomic E-state index is 0.0670. The molecule has 1 saturated carbocycles. The number of hydrogen-bond donors (Lipinski definition) is 2. The van der Waals surface area contributed by atoms with Gasteiger partial charge in [0.1, 0.15) is 5.69 Å². The first-order chi connectivity index (χ1) is 13.0. The van der Waals surface area contributed by atoms with Crippen LogP contribution in [0.4, 0.5) is 5.69 Å². The lowest BCUT2D eigenvalue weighted by atomic mass is 10.1. The zero-order chi connectivity index (χ0) is 19.4. The van der Waals surface area contributed by atoms with Gasteiger partial charge >= 0.3 is 0 Å². The Morgan fingerprint density at radius 3 is 2.52 bits per heavy atom. The zero-order valence-corrected chi connectivity index (χ0v) is 15.6. The SMILES string of the molecule is CCCn1nc(C(=O)NC(C)c2ccc(NC(=O)C3CC3)cc2)ccc1=O.